The van der Waals surface area contributed by atoms with Crippen molar-refractivity contribution in [2.45, 2.75) is 20.5 Å². The van der Waals surface area contributed by atoms with E-state index in [4.69, 9.17) is 14.6 Å². The molecule has 22 heavy (non-hydrogen) atoms. The molecule has 0 aliphatic rings. The zero-order valence-corrected chi connectivity index (χ0v) is 14.6. The number of aryl methyl sites for hydroxylation is 1. The van der Waals surface area contributed by atoms with Gasteiger partial charge in [-0.1, -0.05) is 24.3 Å². The van der Waals surface area contributed by atoms with Gasteiger partial charge in [-0.25, -0.2) is 4.79 Å². The highest BCUT2D eigenvalue weighted by molar-refractivity contribution is 14.1. The SMILES string of the molecule is CCOc1cc(C(=O)O)cc(I)c1OCc1ccccc1C. The summed E-state index contributed by atoms with van der Waals surface area (Å²) in [6.07, 6.45) is 0. The Kier molecular flexibility index (Phi) is 5.65. The maximum Gasteiger partial charge on any atom is 0.335 e. The van der Waals surface area contributed by atoms with Crippen molar-refractivity contribution in [3.05, 3.63) is 56.7 Å². The van der Waals surface area contributed by atoms with Gasteiger partial charge in [0.25, 0.3) is 0 Å². The van der Waals surface area contributed by atoms with Crippen LogP contribution in [0.5, 0.6) is 11.5 Å². The van der Waals surface area contributed by atoms with Gasteiger partial charge in [-0.3, -0.25) is 0 Å². The molecular formula is C17H17IO4. The van der Waals surface area contributed by atoms with Gasteiger partial charge in [0.15, 0.2) is 11.5 Å². The monoisotopic (exact) mass is 412 g/mol. The van der Waals surface area contributed by atoms with Gasteiger partial charge < -0.3 is 14.6 Å². The van der Waals surface area contributed by atoms with Crippen molar-refractivity contribution < 1.29 is 19.4 Å². The van der Waals surface area contributed by atoms with Gasteiger partial charge in [0.2, 0.25) is 0 Å². The Morgan fingerprint density at radius 1 is 1.23 bits per heavy atom. The molecule has 0 bridgehead atoms. The minimum Gasteiger partial charge on any atom is -0.490 e. The van der Waals surface area contributed by atoms with E-state index < -0.39 is 5.97 Å². The molecule has 2 aromatic carbocycles. The van der Waals surface area contributed by atoms with E-state index in [0.717, 1.165) is 14.7 Å². The number of ether oxygens (including phenoxy) is 2. The summed E-state index contributed by atoms with van der Waals surface area (Å²) in [6, 6.07) is 11.1. The van der Waals surface area contributed by atoms with Crippen LogP contribution in [-0.2, 0) is 6.61 Å². The molecule has 0 atom stereocenters. The summed E-state index contributed by atoms with van der Waals surface area (Å²) >= 11 is 2.07. The molecule has 0 saturated heterocycles. The van der Waals surface area contributed by atoms with E-state index in [0.29, 0.717) is 24.7 Å². The second kappa shape index (κ2) is 7.49. The molecule has 5 heteroatoms. The van der Waals surface area contributed by atoms with Crippen LogP contribution in [-0.4, -0.2) is 17.7 Å². The zero-order valence-electron chi connectivity index (χ0n) is 12.4. The summed E-state index contributed by atoms with van der Waals surface area (Å²) in [4.78, 5) is 11.1. The molecular weight excluding hydrogens is 395 g/mol. The smallest absolute Gasteiger partial charge is 0.335 e. The second-order valence-corrected chi connectivity index (χ2v) is 5.90. The van der Waals surface area contributed by atoms with E-state index in [2.05, 4.69) is 22.6 Å². The Morgan fingerprint density at radius 2 is 1.95 bits per heavy atom. The molecule has 0 heterocycles. The van der Waals surface area contributed by atoms with E-state index >= 15 is 0 Å². The molecule has 2 rings (SSSR count). The Labute approximate surface area is 143 Å². The van der Waals surface area contributed by atoms with E-state index in [1.54, 1.807) is 6.07 Å². The van der Waals surface area contributed by atoms with E-state index in [9.17, 15) is 4.79 Å². The van der Waals surface area contributed by atoms with E-state index in [1.807, 2.05) is 38.1 Å². The number of rotatable bonds is 6. The largest absolute Gasteiger partial charge is 0.490 e. The first-order valence-corrected chi connectivity index (χ1v) is 7.97. The topological polar surface area (TPSA) is 55.8 Å². The standard InChI is InChI=1S/C17H17IO4/c1-3-21-15-9-13(17(19)20)8-14(18)16(15)22-10-12-7-5-4-6-11(12)2/h4-9H,3,10H2,1-2H3,(H,19,20). The molecule has 116 valence electrons. The molecule has 1 N–H and O–H groups in total. The molecule has 0 aliphatic carbocycles. The Morgan fingerprint density at radius 3 is 2.59 bits per heavy atom. The van der Waals surface area contributed by atoms with Gasteiger partial charge in [0.05, 0.1) is 15.7 Å². The van der Waals surface area contributed by atoms with Crippen molar-refractivity contribution >= 4 is 28.6 Å². The third-order valence-electron chi connectivity index (χ3n) is 3.19. The van der Waals surface area contributed by atoms with Crippen LogP contribution in [0.15, 0.2) is 36.4 Å². The van der Waals surface area contributed by atoms with Gasteiger partial charge in [-0.05, 0) is 59.7 Å². The highest BCUT2D eigenvalue weighted by atomic mass is 127. The van der Waals surface area contributed by atoms with E-state index in [-0.39, 0.29) is 5.56 Å². The lowest BCUT2D eigenvalue weighted by molar-refractivity contribution is 0.0696. The van der Waals surface area contributed by atoms with Crippen molar-refractivity contribution in [1.82, 2.24) is 0 Å². The summed E-state index contributed by atoms with van der Waals surface area (Å²) < 4.78 is 12.1. The minimum atomic E-state index is -0.982. The number of benzene rings is 2. The molecule has 2 aromatic rings. The lowest BCUT2D eigenvalue weighted by Gasteiger charge is -2.15. The number of carboxylic acids is 1. The first-order valence-electron chi connectivity index (χ1n) is 6.90. The number of hydrogen-bond donors (Lipinski definition) is 1. The highest BCUT2D eigenvalue weighted by Gasteiger charge is 2.15. The molecule has 0 saturated carbocycles. The number of hydrogen-bond acceptors (Lipinski definition) is 3. The average molecular weight is 412 g/mol. The summed E-state index contributed by atoms with van der Waals surface area (Å²) in [5.74, 6) is 0.0559. The zero-order chi connectivity index (χ0) is 16.1. The fourth-order valence-corrected chi connectivity index (χ4v) is 2.77. The molecule has 0 fully saturated rings. The third-order valence-corrected chi connectivity index (χ3v) is 3.99. The Bertz CT molecular complexity index is 682. The maximum absolute atomic E-state index is 11.1. The van der Waals surface area contributed by atoms with Crippen molar-refractivity contribution in [3.8, 4) is 11.5 Å². The van der Waals surface area contributed by atoms with Gasteiger partial charge in [-0.15, -0.1) is 0 Å². The molecule has 0 aliphatic heterocycles. The molecule has 0 radical (unpaired) electrons. The molecule has 0 spiro atoms. The average Bonchev–Trinajstić information content (AvgIpc) is 2.48. The van der Waals surface area contributed by atoms with Crippen LogP contribution in [0, 0.1) is 10.5 Å². The van der Waals surface area contributed by atoms with Gasteiger partial charge in [0.1, 0.15) is 6.61 Å². The number of carbonyl (C=O) groups is 1. The first-order chi connectivity index (χ1) is 10.5. The van der Waals surface area contributed by atoms with Crippen molar-refractivity contribution in [1.29, 1.82) is 0 Å². The first kappa shape index (κ1) is 16.6. The number of carboxylic acid groups (broad SMARTS) is 1. The van der Waals surface area contributed by atoms with Crippen molar-refractivity contribution in [3.63, 3.8) is 0 Å². The highest BCUT2D eigenvalue weighted by Crippen LogP contribution is 2.35. The maximum atomic E-state index is 11.1. The lowest BCUT2D eigenvalue weighted by atomic mass is 10.1. The predicted octanol–water partition coefficient (Wildman–Crippen LogP) is 4.28. The fourth-order valence-electron chi connectivity index (χ4n) is 2.02. The summed E-state index contributed by atoms with van der Waals surface area (Å²) in [5, 5.41) is 9.14. The van der Waals surface area contributed by atoms with Crippen LogP contribution in [0.4, 0.5) is 0 Å². The predicted molar refractivity (Wildman–Crippen MR) is 92.8 cm³/mol. The Balaban J connectivity index is 2.29. The normalized spacial score (nSPS) is 10.3. The van der Waals surface area contributed by atoms with Crippen LogP contribution in [0.3, 0.4) is 0 Å². The van der Waals surface area contributed by atoms with Gasteiger partial charge in [-0.2, -0.15) is 0 Å². The van der Waals surface area contributed by atoms with Gasteiger partial charge in [0, 0.05) is 0 Å². The number of aromatic carboxylic acids is 1. The third kappa shape index (κ3) is 3.91. The van der Waals surface area contributed by atoms with Crippen LogP contribution in [0.2, 0.25) is 0 Å². The second-order valence-electron chi connectivity index (χ2n) is 4.74. The molecule has 0 amide bonds. The fraction of sp³-hybridized carbons (Fsp3) is 0.235. The quantitative estimate of drug-likeness (QED) is 0.720. The van der Waals surface area contributed by atoms with Crippen molar-refractivity contribution in [2.75, 3.05) is 6.61 Å². The molecule has 0 unspecified atom stereocenters. The molecule has 4 nitrogen and oxygen atoms in total. The van der Waals surface area contributed by atoms with Crippen molar-refractivity contribution in [2.24, 2.45) is 0 Å². The lowest BCUT2D eigenvalue weighted by Crippen LogP contribution is -2.05. The minimum absolute atomic E-state index is 0.191. The Hall–Kier alpha value is -1.76. The van der Waals surface area contributed by atoms with Crippen LogP contribution < -0.4 is 9.47 Å². The molecule has 0 aromatic heterocycles. The van der Waals surface area contributed by atoms with Crippen LogP contribution in [0.1, 0.15) is 28.4 Å². The van der Waals surface area contributed by atoms with Crippen LogP contribution >= 0.6 is 22.6 Å². The summed E-state index contributed by atoms with van der Waals surface area (Å²) in [5.41, 5.74) is 2.43. The summed E-state index contributed by atoms with van der Waals surface area (Å²) in [7, 11) is 0. The summed E-state index contributed by atoms with van der Waals surface area (Å²) in [6.45, 7) is 4.74. The van der Waals surface area contributed by atoms with Gasteiger partial charge >= 0.3 is 5.97 Å². The van der Waals surface area contributed by atoms with E-state index in [1.165, 1.54) is 6.07 Å². The van der Waals surface area contributed by atoms with Crippen LogP contribution in [0.25, 0.3) is 0 Å². The number of halogens is 1.